The van der Waals surface area contributed by atoms with Crippen LogP contribution in [0.3, 0.4) is 0 Å². The van der Waals surface area contributed by atoms with Crippen LogP contribution in [0, 0.1) is 11.3 Å². The molecule has 0 amide bonds. The van der Waals surface area contributed by atoms with Crippen molar-refractivity contribution in [1.82, 2.24) is 19.8 Å². The Balaban J connectivity index is 1.40. The SMILES string of the molecule is CC(=O)Oc1cccc2c1[nH]c1c(C3C=C4CC/C=C\CCCCN5CC[C@@H]3[C@@]3(C5)C(C(C)=O)=C5/C(C(C)=O)=C\CCCCN5[C@@H]43)nccc12. The van der Waals surface area contributed by atoms with Crippen LogP contribution in [-0.4, -0.2) is 69.5 Å². The van der Waals surface area contributed by atoms with Gasteiger partial charge in [0, 0.05) is 59.5 Å². The summed E-state index contributed by atoms with van der Waals surface area (Å²) in [6.07, 6.45) is 20.2. The van der Waals surface area contributed by atoms with Crippen LogP contribution in [0.4, 0.5) is 0 Å². The molecule has 0 radical (unpaired) electrons. The van der Waals surface area contributed by atoms with Gasteiger partial charge in [-0.2, -0.15) is 0 Å². The number of para-hydroxylation sites is 1. The zero-order chi connectivity index (χ0) is 34.6. The van der Waals surface area contributed by atoms with Crippen LogP contribution in [-0.2, 0) is 14.4 Å². The molecule has 1 aromatic carbocycles. The summed E-state index contributed by atoms with van der Waals surface area (Å²) < 4.78 is 5.64. The summed E-state index contributed by atoms with van der Waals surface area (Å²) in [6.45, 7) is 8.43. The number of H-pyrrole nitrogens is 1. The highest BCUT2D eigenvalue weighted by atomic mass is 16.5. The number of ether oxygens (including phenoxy) is 1. The predicted molar refractivity (Wildman–Crippen MR) is 196 cm³/mol. The number of nitrogens with zero attached hydrogens (tertiary/aromatic N) is 3. The molecule has 2 aromatic heterocycles. The second kappa shape index (κ2) is 13.1. The molecule has 1 fully saturated rings. The lowest BCUT2D eigenvalue weighted by Crippen LogP contribution is -2.61. The van der Waals surface area contributed by atoms with E-state index >= 15 is 0 Å². The maximum absolute atomic E-state index is 14.4. The van der Waals surface area contributed by atoms with Crippen LogP contribution >= 0.6 is 0 Å². The number of benzene rings is 1. The molecule has 8 heteroatoms. The average Bonchev–Trinajstić information content (AvgIpc) is 3.58. The summed E-state index contributed by atoms with van der Waals surface area (Å²) in [5.41, 5.74) is 6.04. The second-order valence-electron chi connectivity index (χ2n) is 15.0. The van der Waals surface area contributed by atoms with Crippen LogP contribution in [0.15, 0.2) is 77.2 Å². The molecule has 1 spiro atoms. The maximum Gasteiger partial charge on any atom is 0.308 e. The Hall–Kier alpha value is -4.30. The van der Waals surface area contributed by atoms with Crippen LogP contribution in [0.2, 0.25) is 0 Å². The molecule has 5 aliphatic rings. The number of hydrogen-bond acceptors (Lipinski definition) is 7. The minimum atomic E-state index is -0.496. The van der Waals surface area contributed by atoms with E-state index in [0.717, 1.165) is 128 Å². The number of nitrogens with one attached hydrogen (secondary N) is 1. The Labute approximate surface area is 294 Å². The van der Waals surface area contributed by atoms with Crippen LogP contribution < -0.4 is 4.74 Å². The number of Topliss-reactive ketones (excluding diaryl/α,β-unsaturated/α-hetero) is 2. The van der Waals surface area contributed by atoms with Gasteiger partial charge in [0.05, 0.1) is 28.5 Å². The van der Waals surface area contributed by atoms with Gasteiger partial charge in [0.1, 0.15) is 0 Å². The van der Waals surface area contributed by atoms with Crippen molar-refractivity contribution in [3.63, 3.8) is 0 Å². The first-order chi connectivity index (χ1) is 24.3. The molecule has 260 valence electrons. The quantitative estimate of drug-likeness (QED) is 0.172. The van der Waals surface area contributed by atoms with E-state index in [1.165, 1.54) is 12.5 Å². The number of carbonyl (C=O) groups is 3. The molecule has 0 saturated carbocycles. The lowest BCUT2D eigenvalue weighted by Gasteiger charge is -2.56. The highest BCUT2D eigenvalue weighted by Gasteiger charge is 2.64. The summed E-state index contributed by atoms with van der Waals surface area (Å²) in [4.78, 5) is 53.9. The van der Waals surface area contributed by atoms with Gasteiger partial charge in [-0.3, -0.25) is 19.4 Å². The van der Waals surface area contributed by atoms with E-state index < -0.39 is 5.41 Å². The van der Waals surface area contributed by atoms with E-state index in [4.69, 9.17) is 9.72 Å². The van der Waals surface area contributed by atoms with Gasteiger partial charge in [0.2, 0.25) is 0 Å². The standard InChI is InChI=1S/C42H48N4O4/c1-26(47)30-15-10-8-12-22-46-40(30)36(27(2)48)42-25-45-21-11-7-5-4-6-9-14-29(41(42)46)24-33(34(42)19-23-45)38-39-32(18-20-43-38)31-16-13-17-35(37(31)44-39)50-28(3)49/h4,6,13,15-18,20,24,33-34,41,44H,5,7-12,14,19,21-23,25H2,1-3H3/b6-4-,30-15-/t33?,34-,41-,42-/m0/s1. The van der Waals surface area contributed by atoms with Gasteiger partial charge in [-0.15, -0.1) is 0 Å². The minimum Gasteiger partial charge on any atom is -0.424 e. The summed E-state index contributed by atoms with van der Waals surface area (Å²) in [5.74, 6) is 0.304. The Morgan fingerprint density at radius 1 is 0.900 bits per heavy atom. The summed E-state index contributed by atoms with van der Waals surface area (Å²) >= 11 is 0. The minimum absolute atomic E-state index is 0.00735. The fraction of sp³-hybridized carbons (Fsp3) is 0.476. The number of piperidine rings is 1. The molecule has 5 atom stereocenters. The highest BCUT2D eigenvalue weighted by Crippen LogP contribution is 2.63. The maximum atomic E-state index is 14.4. The predicted octanol–water partition coefficient (Wildman–Crippen LogP) is 7.72. The molecule has 8 nitrogen and oxygen atoms in total. The number of aromatic amines is 1. The first kappa shape index (κ1) is 32.9. The number of aromatic nitrogens is 2. The van der Waals surface area contributed by atoms with Crippen LogP contribution in [0.25, 0.3) is 21.8 Å². The molecule has 1 aliphatic carbocycles. The normalized spacial score (nSPS) is 30.1. The van der Waals surface area contributed by atoms with Gasteiger partial charge in [-0.05, 0) is 108 Å². The van der Waals surface area contributed by atoms with E-state index in [2.05, 4.69) is 45.2 Å². The van der Waals surface area contributed by atoms with E-state index in [1.807, 2.05) is 24.4 Å². The molecule has 3 aromatic rings. The fourth-order valence-corrected chi connectivity index (χ4v) is 10.3. The van der Waals surface area contributed by atoms with Crippen LogP contribution in [0.5, 0.6) is 5.75 Å². The van der Waals surface area contributed by atoms with E-state index in [0.29, 0.717) is 5.75 Å². The van der Waals surface area contributed by atoms with Gasteiger partial charge < -0.3 is 19.5 Å². The molecule has 4 aliphatic heterocycles. The molecular formula is C42H48N4O4. The number of pyridine rings is 1. The molecular weight excluding hydrogens is 624 g/mol. The molecule has 6 heterocycles. The first-order valence-electron chi connectivity index (χ1n) is 18.7. The Kier molecular flexibility index (Phi) is 8.62. The van der Waals surface area contributed by atoms with Crippen molar-refractivity contribution in [3.05, 3.63) is 82.9 Å². The largest absolute Gasteiger partial charge is 0.424 e. The molecule has 1 saturated heterocycles. The number of ketones is 2. The highest BCUT2D eigenvalue weighted by molar-refractivity contribution is 6.10. The van der Waals surface area contributed by atoms with Crippen molar-refractivity contribution in [1.29, 1.82) is 0 Å². The summed E-state index contributed by atoms with van der Waals surface area (Å²) in [7, 11) is 0. The van der Waals surface area contributed by atoms with Crippen molar-refractivity contribution in [2.75, 3.05) is 26.2 Å². The van der Waals surface area contributed by atoms with Crippen molar-refractivity contribution in [3.8, 4) is 5.75 Å². The Morgan fingerprint density at radius 3 is 2.52 bits per heavy atom. The number of rotatable bonds is 4. The molecule has 1 N–H and O–H groups in total. The zero-order valence-electron chi connectivity index (χ0n) is 29.6. The summed E-state index contributed by atoms with van der Waals surface area (Å²) in [6, 6.07) is 7.86. The van der Waals surface area contributed by atoms with Crippen molar-refractivity contribution in [2.24, 2.45) is 11.3 Å². The third-order valence-corrected chi connectivity index (χ3v) is 12.0. The van der Waals surface area contributed by atoms with E-state index in [1.54, 1.807) is 13.8 Å². The molecule has 8 rings (SSSR count). The smallest absolute Gasteiger partial charge is 0.308 e. The third kappa shape index (κ3) is 5.29. The summed E-state index contributed by atoms with van der Waals surface area (Å²) in [5, 5.41) is 2.03. The van der Waals surface area contributed by atoms with Crippen LogP contribution in [0.1, 0.15) is 90.2 Å². The Bertz CT molecular complexity index is 2020. The van der Waals surface area contributed by atoms with E-state index in [-0.39, 0.29) is 35.4 Å². The molecule has 2 unspecified atom stereocenters. The first-order valence-corrected chi connectivity index (χ1v) is 18.7. The number of carbonyl (C=O) groups excluding carboxylic acids is 3. The topological polar surface area (TPSA) is 95.6 Å². The van der Waals surface area contributed by atoms with Crippen molar-refractivity contribution < 1.29 is 19.1 Å². The van der Waals surface area contributed by atoms with E-state index in [9.17, 15) is 14.4 Å². The fourth-order valence-electron chi connectivity index (χ4n) is 10.3. The lowest BCUT2D eigenvalue weighted by molar-refractivity contribution is -0.131. The van der Waals surface area contributed by atoms with Gasteiger partial charge >= 0.3 is 5.97 Å². The van der Waals surface area contributed by atoms with Gasteiger partial charge in [0.15, 0.2) is 17.3 Å². The monoisotopic (exact) mass is 672 g/mol. The Morgan fingerprint density at radius 2 is 1.70 bits per heavy atom. The third-order valence-electron chi connectivity index (χ3n) is 12.0. The average molecular weight is 673 g/mol. The lowest BCUT2D eigenvalue weighted by atomic mass is 9.53. The zero-order valence-corrected chi connectivity index (χ0v) is 29.6. The van der Waals surface area contributed by atoms with Crippen molar-refractivity contribution in [2.45, 2.75) is 90.5 Å². The second-order valence-corrected chi connectivity index (χ2v) is 15.0. The molecule has 50 heavy (non-hydrogen) atoms. The number of allylic oxidation sites excluding steroid dienone is 5. The molecule has 3 bridgehead atoms. The number of fused-ring (bicyclic) bond motifs is 5. The van der Waals surface area contributed by atoms with Gasteiger partial charge in [0.25, 0.3) is 0 Å². The number of hydrogen-bond donors (Lipinski definition) is 1. The number of esters is 1. The van der Waals surface area contributed by atoms with Crippen molar-refractivity contribution >= 4 is 39.3 Å². The van der Waals surface area contributed by atoms with Gasteiger partial charge in [-0.25, -0.2) is 0 Å². The van der Waals surface area contributed by atoms with Gasteiger partial charge in [-0.1, -0.05) is 36.4 Å².